The summed E-state index contributed by atoms with van der Waals surface area (Å²) in [5, 5.41) is 0. The van der Waals surface area contributed by atoms with Crippen molar-refractivity contribution >= 4 is 5.78 Å². The highest BCUT2D eigenvalue weighted by atomic mass is 16.1. The molecular formula is C13H14N2O. The first kappa shape index (κ1) is 10.6. The first-order valence-electron chi connectivity index (χ1n) is 5.27. The number of nitrogens with one attached hydrogen (secondary N) is 1. The normalized spacial score (nSPS) is 10.4. The molecule has 0 amide bonds. The molecule has 0 fully saturated rings. The van der Waals surface area contributed by atoms with Gasteiger partial charge in [0.25, 0.3) is 0 Å². The van der Waals surface area contributed by atoms with Crippen LogP contribution in [0.5, 0.6) is 0 Å². The molecule has 0 unspecified atom stereocenters. The Morgan fingerprint density at radius 2 is 2.00 bits per heavy atom. The Balaban J connectivity index is 2.23. The molecule has 2 rings (SSSR count). The van der Waals surface area contributed by atoms with Crippen molar-refractivity contribution in [2.75, 3.05) is 0 Å². The van der Waals surface area contributed by atoms with Crippen molar-refractivity contribution in [3.05, 3.63) is 53.1 Å². The number of rotatable bonds is 3. The summed E-state index contributed by atoms with van der Waals surface area (Å²) in [7, 11) is 0. The lowest BCUT2D eigenvalue weighted by Gasteiger charge is -1.96. The summed E-state index contributed by atoms with van der Waals surface area (Å²) >= 11 is 0. The van der Waals surface area contributed by atoms with Gasteiger partial charge in [0.2, 0.25) is 0 Å². The predicted molar refractivity (Wildman–Crippen MR) is 62.6 cm³/mol. The lowest BCUT2D eigenvalue weighted by Crippen LogP contribution is -1.95. The summed E-state index contributed by atoms with van der Waals surface area (Å²) in [6.07, 6.45) is 0.731. The van der Waals surface area contributed by atoms with Gasteiger partial charge in [-0.15, -0.1) is 0 Å². The van der Waals surface area contributed by atoms with Crippen molar-refractivity contribution < 1.29 is 4.79 Å². The Kier molecular flexibility index (Phi) is 2.86. The van der Waals surface area contributed by atoms with Gasteiger partial charge in [0.05, 0.1) is 5.69 Å². The number of aryl methyl sites for hydroxylation is 1. The Morgan fingerprint density at radius 1 is 1.31 bits per heavy atom. The van der Waals surface area contributed by atoms with Gasteiger partial charge in [-0.3, -0.25) is 4.79 Å². The van der Waals surface area contributed by atoms with Gasteiger partial charge in [0, 0.05) is 13.3 Å². The van der Waals surface area contributed by atoms with Crippen molar-refractivity contribution in [2.45, 2.75) is 20.3 Å². The molecule has 0 spiro atoms. The maximum Gasteiger partial charge on any atom is 0.177 e. The number of benzene rings is 1. The predicted octanol–water partition coefficient (Wildman–Crippen LogP) is 2.51. The number of imidazole rings is 1. The summed E-state index contributed by atoms with van der Waals surface area (Å²) < 4.78 is 0. The van der Waals surface area contributed by atoms with Gasteiger partial charge in [-0.25, -0.2) is 4.98 Å². The van der Waals surface area contributed by atoms with Crippen LogP contribution < -0.4 is 0 Å². The number of hydrogen-bond acceptors (Lipinski definition) is 2. The van der Waals surface area contributed by atoms with Crippen molar-refractivity contribution in [2.24, 2.45) is 0 Å². The van der Waals surface area contributed by atoms with E-state index in [2.05, 4.69) is 9.97 Å². The highest BCUT2D eigenvalue weighted by Crippen LogP contribution is 2.10. The molecule has 1 N–H and O–H groups in total. The number of aromatic nitrogens is 2. The third-order valence-electron chi connectivity index (χ3n) is 2.50. The highest BCUT2D eigenvalue weighted by molar-refractivity contribution is 5.93. The van der Waals surface area contributed by atoms with E-state index in [9.17, 15) is 4.79 Å². The van der Waals surface area contributed by atoms with Crippen LogP contribution in [0.2, 0.25) is 0 Å². The lowest BCUT2D eigenvalue weighted by atomic mass is 10.1. The number of H-pyrrole nitrogens is 1. The number of carbonyl (C=O) groups is 1. The van der Waals surface area contributed by atoms with Gasteiger partial charge in [0.15, 0.2) is 5.78 Å². The molecule has 0 aliphatic rings. The standard InChI is InChI=1S/C13H14N2O/c1-9-13(10(2)16)15-12(14-9)8-11-6-4-3-5-7-11/h3-7H,8H2,1-2H3,(H,14,15). The summed E-state index contributed by atoms with van der Waals surface area (Å²) in [6, 6.07) is 10.1. The fourth-order valence-corrected chi connectivity index (χ4v) is 1.74. The van der Waals surface area contributed by atoms with Crippen molar-refractivity contribution in [3.63, 3.8) is 0 Å². The molecule has 0 aliphatic heterocycles. The molecule has 0 saturated carbocycles. The van der Waals surface area contributed by atoms with Gasteiger partial charge in [0.1, 0.15) is 11.5 Å². The van der Waals surface area contributed by atoms with E-state index in [0.717, 1.165) is 17.9 Å². The van der Waals surface area contributed by atoms with Crippen LogP contribution in [-0.2, 0) is 6.42 Å². The molecule has 2 aromatic rings. The minimum atomic E-state index is 0.0318. The van der Waals surface area contributed by atoms with E-state index in [4.69, 9.17) is 0 Å². The van der Waals surface area contributed by atoms with Crippen LogP contribution >= 0.6 is 0 Å². The minimum Gasteiger partial charge on any atom is -0.339 e. The average molecular weight is 214 g/mol. The van der Waals surface area contributed by atoms with Crippen LogP contribution in [0, 0.1) is 6.92 Å². The monoisotopic (exact) mass is 214 g/mol. The summed E-state index contributed by atoms with van der Waals surface area (Å²) in [4.78, 5) is 18.7. The molecule has 1 aromatic heterocycles. The summed E-state index contributed by atoms with van der Waals surface area (Å²) in [5.74, 6) is 0.873. The molecule has 16 heavy (non-hydrogen) atoms. The van der Waals surface area contributed by atoms with Gasteiger partial charge in [-0.1, -0.05) is 30.3 Å². The number of nitrogens with zero attached hydrogens (tertiary/aromatic N) is 1. The Hall–Kier alpha value is -1.90. The first-order chi connectivity index (χ1) is 7.66. The third kappa shape index (κ3) is 2.19. The van der Waals surface area contributed by atoms with Crippen LogP contribution in [0.15, 0.2) is 30.3 Å². The van der Waals surface area contributed by atoms with Crippen molar-refractivity contribution in [1.29, 1.82) is 0 Å². The Morgan fingerprint density at radius 3 is 2.56 bits per heavy atom. The lowest BCUT2D eigenvalue weighted by molar-refractivity contribution is 0.101. The molecule has 0 atom stereocenters. The number of carbonyl (C=O) groups excluding carboxylic acids is 1. The molecule has 1 heterocycles. The van der Waals surface area contributed by atoms with Crippen molar-refractivity contribution in [1.82, 2.24) is 9.97 Å². The number of ketones is 1. The second-order valence-corrected chi connectivity index (χ2v) is 3.86. The smallest absolute Gasteiger partial charge is 0.177 e. The van der Waals surface area contributed by atoms with Gasteiger partial charge in [-0.05, 0) is 12.5 Å². The van der Waals surface area contributed by atoms with Crippen LogP contribution in [0.1, 0.15) is 34.5 Å². The van der Waals surface area contributed by atoms with Crippen molar-refractivity contribution in [3.8, 4) is 0 Å². The van der Waals surface area contributed by atoms with E-state index in [-0.39, 0.29) is 5.78 Å². The number of Topliss-reactive ketones (excluding diaryl/α,β-unsaturated/α-hetero) is 1. The number of aromatic amines is 1. The number of hydrogen-bond donors (Lipinski definition) is 1. The molecule has 3 heteroatoms. The van der Waals surface area contributed by atoms with E-state index in [1.807, 2.05) is 37.3 Å². The van der Waals surface area contributed by atoms with Crippen LogP contribution in [0.4, 0.5) is 0 Å². The third-order valence-corrected chi connectivity index (χ3v) is 2.50. The van der Waals surface area contributed by atoms with E-state index in [0.29, 0.717) is 5.69 Å². The molecule has 3 nitrogen and oxygen atoms in total. The summed E-state index contributed by atoms with van der Waals surface area (Å²) in [5.41, 5.74) is 2.58. The Bertz CT molecular complexity index is 500. The fraction of sp³-hybridized carbons (Fsp3) is 0.231. The molecule has 0 radical (unpaired) electrons. The zero-order chi connectivity index (χ0) is 11.5. The quantitative estimate of drug-likeness (QED) is 0.798. The maximum absolute atomic E-state index is 11.3. The van der Waals surface area contributed by atoms with E-state index in [1.54, 1.807) is 6.92 Å². The van der Waals surface area contributed by atoms with E-state index in [1.165, 1.54) is 5.56 Å². The van der Waals surface area contributed by atoms with E-state index < -0.39 is 0 Å². The van der Waals surface area contributed by atoms with Crippen LogP contribution in [-0.4, -0.2) is 15.8 Å². The zero-order valence-corrected chi connectivity index (χ0v) is 9.45. The molecular weight excluding hydrogens is 200 g/mol. The van der Waals surface area contributed by atoms with E-state index >= 15 is 0 Å². The van der Waals surface area contributed by atoms with Crippen LogP contribution in [0.3, 0.4) is 0 Å². The largest absolute Gasteiger partial charge is 0.339 e. The van der Waals surface area contributed by atoms with Gasteiger partial charge >= 0.3 is 0 Å². The fourth-order valence-electron chi connectivity index (χ4n) is 1.74. The average Bonchev–Trinajstić information content (AvgIpc) is 2.61. The zero-order valence-electron chi connectivity index (χ0n) is 9.45. The maximum atomic E-state index is 11.3. The molecule has 0 saturated heterocycles. The molecule has 82 valence electrons. The van der Waals surface area contributed by atoms with Crippen LogP contribution in [0.25, 0.3) is 0 Å². The Labute approximate surface area is 94.5 Å². The first-order valence-corrected chi connectivity index (χ1v) is 5.27. The van der Waals surface area contributed by atoms with Gasteiger partial charge in [-0.2, -0.15) is 0 Å². The summed E-state index contributed by atoms with van der Waals surface area (Å²) in [6.45, 7) is 3.40. The topological polar surface area (TPSA) is 45.8 Å². The SMILES string of the molecule is CC(=O)c1[nH]c(Cc2ccccc2)nc1C. The molecule has 0 aliphatic carbocycles. The van der Waals surface area contributed by atoms with Gasteiger partial charge < -0.3 is 4.98 Å². The molecule has 1 aromatic carbocycles. The minimum absolute atomic E-state index is 0.0318. The molecule has 0 bridgehead atoms. The second-order valence-electron chi connectivity index (χ2n) is 3.86. The second kappa shape index (κ2) is 4.31. The highest BCUT2D eigenvalue weighted by Gasteiger charge is 2.10.